The van der Waals surface area contributed by atoms with Crippen molar-refractivity contribution < 1.29 is 14.6 Å². The Hall–Kier alpha value is -0.160. The zero-order valence-electron chi connectivity index (χ0n) is 10.4. The first kappa shape index (κ1) is 12.3. The Morgan fingerprint density at radius 3 is 3.00 bits per heavy atom. The smallest absolute Gasteiger partial charge is 0.0897 e. The van der Waals surface area contributed by atoms with E-state index in [1.807, 2.05) is 0 Å². The van der Waals surface area contributed by atoms with Gasteiger partial charge in [0.15, 0.2) is 0 Å². The number of hydrogen-bond donors (Lipinski definition) is 2. The van der Waals surface area contributed by atoms with Gasteiger partial charge in [0.2, 0.25) is 0 Å². The molecule has 1 saturated carbocycles. The summed E-state index contributed by atoms with van der Waals surface area (Å²) in [6.07, 6.45) is 1.14. The molecule has 2 N–H and O–H groups in total. The van der Waals surface area contributed by atoms with Crippen molar-refractivity contribution in [2.45, 2.75) is 38.5 Å². The minimum atomic E-state index is -0.415. The molecule has 0 aromatic carbocycles. The lowest BCUT2D eigenvalue weighted by molar-refractivity contribution is -0.115. The molecule has 2 aliphatic rings. The van der Waals surface area contributed by atoms with Crippen LogP contribution in [0.5, 0.6) is 0 Å². The Morgan fingerprint density at radius 1 is 1.56 bits per heavy atom. The van der Waals surface area contributed by atoms with Crippen molar-refractivity contribution in [1.29, 1.82) is 0 Å². The molecule has 16 heavy (non-hydrogen) atoms. The van der Waals surface area contributed by atoms with Crippen molar-refractivity contribution >= 4 is 0 Å². The van der Waals surface area contributed by atoms with E-state index in [4.69, 9.17) is 9.47 Å². The van der Waals surface area contributed by atoms with Crippen LogP contribution in [0.2, 0.25) is 0 Å². The molecule has 1 heterocycles. The van der Waals surface area contributed by atoms with E-state index < -0.39 is 6.10 Å². The Bertz CT molecular complexity index is 244. The number of rotatable bonds is 5. The maximum absolute atomic E-state index is 9.61. The Labute approximate surface area is 97.3 Å². The average Bonchev–Trinajstić information content (AvgIpc) is 2.64. The molecule has 0 spiro atoms. The highest BCUT2D eigenvalue weighted by Gasteiger charge is 2.58. The lowest BCUT2D eigenvalue weighted by Crippen LogP contribution is -2.66. The first-order valence-electron chi connectivity index (χ1n) is 6.09. The van der Waals surface area contributed by atoms with E-state index in [0.717, 1.165) is 13.0 Å². The largest absolute Gasteiger partial charge is 0.389 e. The highest BCUT2D eigenvalue weighted by Crippen LogP contribution is 2.51. The number of hydrogen-bond acceptors (Lipinski definition) is 4. The second-order valence-corrected chi connectivity index (χ2v) is 5.56. The van der Waals surface area contributed by atoms with Crippen molar-refractivity contribution in [1.82, 2.24) is 5.32 Å². The van der Waals surface area contributed by atoms with Crippen LogP contribution >= 0.6 is 0 Å². The second kappa shape index (κ2) is 4.61. The van der Waals surface area contributed by atoms with Crippen LogP contribution in [0.3, 0.4) is 0 Å². The maximum atomic E-state index is 9.61. The van der Waals surface area contributed by atoms with Gasteiger partial charge >= 0.3 is 0 Å². The summed E-state index contributed by atoms with van der Waals surface area (Å²) in [5.74, 6) is 0.629. The summed E-state index contributed by atoms with van der Waals surface area (Å²) in [4.78, 5) is 0. The molecule has 0 bridgehead atoms. The van der Waals surface area contributed by atoms with Gasteiger partial charge in [-0.1, -0.05) is 13.8 Å². The van der Waals surface area contributed by atoms with E-state index in [9.17, 15) is 5.11 Å². The van der Waals surface area contributed by atoms with E-state index >= 15 is 0 Å². The van der Waals surface area contributed by atoms with Crippen LogP contribution in [-0.4, -0.2) is 50.2 Å². The Kier molecular flexibility index (Phi) is 3.54. The first-order valence-corrected chi connectivity index (χ1v) is 6.09. The first-order chi connectivity index (χ1) is 7.57. The van der Waals surface area contributed by atoms with Crippen LogP contribution in [0.1, 0.15) is 20.3 Å². The SMILES string of the molecule is COCC(O)CNC1C2CCOC2C1(C)C. The highest BCUT2D eigenvalue weighted by molar-refractivity contribution is 5.11. The van der Waals surface area contributed by atoms with Gasteiger partial charge in [-0.3, -0.25) is 0 Å². The molecule has 1 saturated heterocycles. The predicted octanol–water partition coefficient (Wildman–Crippen LogP) is 0.397. The number of aliphatic hydroxyl groups is 1. The Balaban J connectivity index is 1.81. The van der Waals surface area contributed by atoms with E-state index in [-0.39, 0.29) is 5.41 Å². The van der Waals surface area contributed by atoms with Crippen molar-refractivity contribution in [3.05, 3.63) is 0 Å². The summed E-state index contributed by atoms with van der Waals surface area (Å²) >= 11 is 0. The third-order valence-electron chi connectivity index (χ3n) is 4.03. The van der Waals surface area contributed by atoms with Gasteiger partial charge in [-0.25, -0.2) is 0 Å². The molecule has 0 aromatic heterocycles. The van der Waals surface area contributed by atoms with Crippen LogP contribution in [0.25, 0.3) is 0 Å². The lowest BCUT2D eigenvalue weighted by atomic mass is 9.57. The zero-order chi connectivity index (χ0) is 11.8. The third kappa shape index (κ3) is 1.99. The second-order valence-electron chi connectivity index (χ2n) is 5.56. The molecule has 4 heteroatoms. The van der Waals surface area contributed by atoms with E-state index in [1.165, 1.54) is 0 Å². The Morgan fingerprint density at radius 2 is 2.31 bits per heavy atom. The van der Waals surface area contributed by atoms with E-state index in [1.54, 1.807) is 7.11 Å². The fourth-order valence-electron chi connectivity index (χ4n) is 3.25. The van der Waals surface area contributed by atoms with Crippen LogP contribution in [0, 0.1) is 11.3 Å². The average molecular weight is 229 g/mol. The van der Waals surface area contributed by atoms with Crippen molar-refractivity contribution in [2.24, 2.45) is 11.3 Å². The van der Waals surface area contributed by atoms with Gasteiger partial charge in [0.25, 0.3) is 0 Å². The normalized spacial score (nSPS) is 37.9. The molecule has 0 aromatic rings. The van der Waals surface area contributed by atoms with Crippen LogP contribution in [0.4, 0.5) is 0 Å². The summed E-state index contributed by atoms with van der Waals surface area (Å²) in [6.45, 7) is 6.35. The molecular formula is C12H23NO3. The van der Waals surface area contributed by atoms with Gasteiger partial charge in [-0.2, -0.15) is 0 Å². The molecule has 0 amide bonds. The van der Waals surface area contributed by atoms with Crippen LogP contribution < -0.4 is 5.32 Å². The fourth-order valence-corrected chi connectivity index (χ4v) is 3.25. The van der Waals surface area contributed by atoms with Crippen LogP contribution in [-0.2, 0) is 9.47 Å². The lowest BCUT2D eigenvalue weighted by Gasteiger charge is -2.55. The summed E-state index contributed by atoms with van der Waals surface area (Å²) in [5.41, 5.74) is 0.188. The van der Waals surface area contributed by atoms with E-state index in [0.29, 0.717) is 31.2 Å². The minimum absolute atomic E-state index is 0.188. The molecule has 94 valence electrons. The van der Waals surface area contributed by atoms with E-state index in [2.05, 4.69) is 19.2 Å². The molecule has 4 atom stereocenters. The topological polar surface area (TPSA) is 50.7 Å². The zero-order valence-corrected chi connectivity index (χ0v) is 10.4. The monoisotopic (exact) mass is 229 g/mol. The molecule has 1 aliphatic carbocycles. The molecular weight excluding hydrogens is 206 g/mol. The summed E-state index contributed by atoms with van der Waals surface area (Å²) < 4.78 is 10.6. The predicted molar refractivity (Wildman–Crippen MR) is 61.3 cm³/mol. The van der Waals surface area contributed by atoms with Gasteiger partial charge in [0, 0.05) is 37.6 Å². The number of methoxy groups -OCH3 is 1. The quantitative estimate of drug-likeness (QED) is 0.716. The standard InChI is InChI=1S/C12H23NO3/c1-12(2)10(9-4-5-16-11(9)12)13-6-8(14)7-15-3/h8-11,13-14H,4-7H2,1-3H3. The van der Waals surface area contributed by atoms with Crippen molar-refractivity contribution in [3.8, 4) is 0 Å². The molecule has 1 aliphatic heterocycles. The van der Waals surface area contributed by atoms with Gasteiger partial charge in [-0.15, -0.1) is 0 Å². The van der Waals surface area contributed by atoms with Crippen molar-refractivity contribution in [2.75, 3.05) is 26.9 Å². The van der Waals surface area contributed by atoms with Gasteiger partial charge in [0.1, 0.15) is 0 Å². The third-order valence-corrected chi connectivity index (χ3v) is 4.03. The van der Waals surface area contributed by atoms with Gasteiger partial charge < -0.3 is 19.9 Å². The number of ether oxygens (including phenoxy) is 2. The summed E-state index contributed by atoms with van der Waals surface area (Å²) in [7, 11) is 1.61. The molecule has 0 radical (unpaired) electrons. The fraction of sp³-hybridized carbons (Fsp3) is 1.00. The van der Waals surface area contributed by atoms with Crippen molar-refractivity contribution in [3.63, 3.8) is 0 Å². The maximum Gasteiger partial charge on any atom is 0.0897 e. The van der Waals surface area contributed by atoms with Crippen LogP contribution in [0.15, 0.2) is 0 Å². The summed E-state index contributed by atoms with van der Waals surface area (Å²) in [5, 5.41) is 13.1. The molecule has 2 fully saturated rings. The van der Waals surface area contributed by atoms with Gasteiger partial charge in [-0.05, 0) is 6.42 Å². The summed E-state index contributed by atoms with van der Waals surface area (Å²) in [6, 6.07) is 0.464. The number of fused-ring (bicyclic) bond motifs is 1. The molecule has 4 unspecified atom stereocenters. The highest BCUT2D eigenvalue weighted by atomic mass is 16.5. The molecule has 2 rings (SSSR count). The number of nitrogens with one attached hydrogen (secondary N) is 1. The van der Waals surface area contributed by atoms with Gasteiger partial charge in [0.05, 0.1) is 18.8 Å². The molecule has 4 nitrogen and oxygen atoms in total. The minimum Gasteiger partial charge on any atom is -0.389 e. The number of aliphatic hydroxyl groups excluding tert-OH is 1.